The summed E-state index contributed by atoms with van der Waals surface area (Å²) in [6.45, 7) is 6.07. The van der Waals surface area contributed by atoms with E-state index in [4.69, 9.17) is 0 Å². The smallest absolute Gasteiger partial charge is 0.126 e. The van der Waals surface area contributed by atoms with E-state index in [2.05, 4.69) is 35.7 Å². The van der Waals surface area contributed by atoms with Crippen molar-refractivity contribution in [2.45, 2.75) is 45.3 Å². The molecular formula is C7H17BrSi. The first-order valence-electron chi connectivity index (χ1n) is 3.81. The van der Waals surface area contributed by atoms with E-state index in [0.717, 1.165) is 0 Å². The average Bonchev–Trinajstić information content (AvgIpc) is 1.84. The Hall–Kier alpha value is 0.697. The lowest BCUT2D eigenvalue weighted by Gasteiger charge is -2.15. The zero-order valence-corrected chi connectivity index (χ0v) is 9.29. The van der Waals surface area contributed by atoms with Crippen molar-refractivity contribution < 1.29 is 0 Å². The fourth-order valence-corrected chi connectivity index (χ4v) is 3.01. The third-order valence-electron chi connectivity index (χ3n) is 1.79. The van der Waals surface area contributed by atoms with Crippen molar-refractivity contribution in [2.75, 3.05) is 0 Å². The lowest BCUT2D eigenvalue weighted by molar-refractivity contribution is 0.870. The van der Waals surface area contributed by atoms with Crippen molar-refractivity contribution in [3.05, 3.63) is 0 Å². The van der Waals surface area contributed by atoms with E-state index in [0.29, 0.717) is 0 Å². The largest absolute Gasteiger partial charge is 0.127 e. The van der Waals surface area contributed by atoms with E-state index >= 15 is 0 Å². The summed E-state index contributed by atoms with van der Waals surface area (Å²) < 4.78 is 0. The summed E-state index contributed by atoms with van der Waals surface area (Å²) in [5.41, 5.74) is 0. The second-order valence-electron chi connectivity index (χ2n) is 2.87. The maximum absolute atomic E-state index is 3.82. The molecule has 0 amide bonds. The Labute approximate surface area is 67.6 Å². The van der Waals surface area contributed by atoms with Crippen LogP contribution in [-0.4, -0.2) is 6.69 Å². The van der Waals surface area contributed by atoms with E-state index < -0.39 is 6.69 Å². The van der Waals surface area contributed by atoms with Crippen LogP contribution in [0, 0.1) is 0 Å². The molecule has 0 fully saturated rings. The minimum Gasteiger partial charge on any atom is -0.126 e. The first-order valence-corrected chi connectivity index (χ1v) is 8.98. The highest BCUT2D eigenvalue weighted by Crippen LogP contribution is 2.24. The topological polar surface area (TPSA) is 0 Å². The number of unbranched alkanes of at least 4 members (excludes halogenated alkanes) is 1. The molecule has 0 aromatic carbocycles. The summed E-state index contributed by atoms with van der Waals surface area (Å²) in [5, 5.41) is 0. The quantitative estimate of drug-likeness (QED) is 0.488. The van der Waals surface area contributed by atoms with E-state index in [1.807, 2.05) is 0 Å². The van der Waals surface area contributed by atoms with E-state index in [9.17, 15) is 0 Å². The van der Waals surface area contributed by atoms with Crippen LogP contribution in [0.1, 0.15) is 26.7 Å². The summed E-state index contributed by atoms with van der Waals surface area (Å²) in [6.07, 6.45) is 2.75. The van der Waals surface area contributed by atoms with Gasteiger partial charge in [-0.25, -0.2) is 0 Å². The molecule has 56 valence electrons. The van der Waals surface area contributed by atoms with Crippen LogP contribution in [0.3, 0.4) is 0 Å². The number of hydrogen-bond donors (Lipinski definition) is 0. The minimum atomic E-state index is -0.886. The summed E-state index contributed by atoms with van der Waals surface area (Å²) >= 11 is 3.82. The third-order valence-corrected chi connectivity index (χ3v) is 7.53. The molecule has 0 N–H and O–H groups in total. The predicted octanol–water partition coefficient (Wildman–Crippen LogP) is 3.78. The zero-order chi connectivity index (χ0) is 7.33. The van der Waals surface area contributed by atoms with Gasteiger partial charge in [0, 0.05) is 0 Å². The fourth-order valence-electron chi connectivity index (χ4n) is 0.722. The van der Waals surface area contributed by atoms with Crippen molar-refractivity contribution in [3.8, 4) is 0 Å². The molecule has 0 bridgehead atoms. The Kier molecular flexibility index (Phi) is 4.85. The van der Waals surface area contributed by atoms with Gasteiger partial charge < -0.3 is 0 Å². The molecule has 0 nitrogen and oxygen atoms in total. The predicted molar refractivity (Wildman–Crippen MR) is 50.7 cm³/mol. The number of rotatable bonds is 4. The van der Waals surface area contributed by atoms with Crippen LogP contribution in [0.25, 0.3) is 0 Å². The monoisotopic (exact) mass is 208 g/mol. The second kappa shape index (κ2) is 4.50. The van der Waals surface area contributed by atoms with Crippen LogP contribution in [0.5, 0.6) is 0 Å². The average molecular weight is 209 g/mol. The van der Waals surface area contributed by atoms with Gasteiger partial charge in [0.25, 0.3) is 0 Å². The van der Waals surface area contributed by atoms with Crippen molar-refractivity contribution in [1.82, 2.24) is 0 Å². The molecule has 0 aliphatic rings. The highest BCUT2D eigenvalue weighted by atomic mass is 79.9. The molecule has 0 aromatic heterocycles. The molecule has 2 heteroatoms. The zero-order valence-electron chi connectivity index (χ0n) is 6.71. The Balaban J connectivity index is 3.33. The molecule has 0 rings (SSSR count). The van der Waals surface area contributed by atoms with Gasteiger partial charge in [-0.3, -0.25) is 0 Å². The van der Waals surface area contributed by atoms with Crippen LogP contribution in [0.15, 0.2) is 0 Å². The Bertz CT molecular complexity index is 71.3. The molecule has 0 heterocycles. The van der Waals surface area contributed by atoms with E-state index in [-0.39, 0.29) is 0 Å². The molecule has 0 aliphatic heterocycles. The molecule has 0 aliphatic carbocycles. The van der Waals surface area contributed by atoms with Gasteiger partial charge in [-0.1, -0.05) is 39.3 Å². The van der Waals surface area contributed by atoms with Gasteiger partial charge in [0.15, 0.2) is 0 Å². The first kappa shape index (κ1) is 9.70. The SMILES string of the molecule is CCCC[Si](C)(Br)CC. The van der Waals surface area contributed by atoms with Crippen LogP contribution >= 0.6 is 15.3 Å². The maximum atomic E-state index is 3.82. The summed E-state index contributed by atoms with van der Waals surface area (Å²) in [6, 6.07) is 2.81. The van der Waals surface area contributed by atoms with Gasteiger partial charge in [0.1, 0.15) is 6.69 Å². The standard InChI is InChI=1S/C7H17BrSi/c1-4-6-7-9(3,8)5-2/h4-7H2,1-3H3. The van der Waals surface area contributed by atoms with E-state index in [1.54, 1.807) is 0 Å². The molecule has 0 radical (unpaired) electrons. The van der Waals surface area contributed by atoms with Gasteiger partial charge in [0.2, 0.25) is 0 Å². The molecule has 0 saturated carbocycles. The lowest BCUT2D eigenvalue weighted by atomic mass is 10.4. The Morgan fingerprint density at radius 2 is 1.89 bits per heavy atom. The van der Waals surface area contributed by atoms with Crippen LogP contribution < -0.4 is 0 Å². The summed E-state index contributed by atoms with van der Waals surface area (Å²) in [4.78, 5) is 0. The number of halogens is 1. The summed E-state index contributed by atoms with van der Waals surface area (Å²) in [5.74, 6) is 0. The van der Waals surface area contributed by atoms with E-state index in [1.165, 1.54) is 24.9 Å². The molecular weight excluding hydrogens is 192 g/mol. The van der Waals surface area contributed by atoms with Crippen LogP contribution in [0.4, 0.5) is 0 Å². The third kappa shape index (κ3) is 5.16. The van der Waals surface area contributed by atoms with Crippen LogP contribution in [0.2, 0.25) is 18.6 Å². The molecule has 9 heavy (non-hydrogen) atoms. The maximum Gasteiger partial charge on any atom is 0.127 e. The Morgan fingerprint density at radius 3 is 2.22 bits per heavy atom. The van der Waals surface area contributed by atoms with Crippen LogP contribution in [-0.2, 0) is 0 Å². The highest BCUT2D eigenvalue weighted by molar-refractivity contribution is 9.26. The van der Waals surface area contributed by atoms with Gasteiger partial charge in [0.05, 0.1) is 0 Å². The Morgan fingerprint density at radius 1 is 1.33 bits per heavy atom. The fraction of sp³-hybridized carbons (Fsp3) is 1.00. The van der Waals surface area contributed by atoms with Gasteiger partial charge in [-0.15, -0.1) is 15.3 Å². The normalized spacial score (nSPS) is 17.3. The van der Waals surface area contributed by atoms with Gasteiger partial charge in [-0.2, -0.15) is 0 Å². The minimum absolute atomic E-state index is 0.886. The lowest BCUT2D eigenvalue weighted by Crippen LogP contribution is -2.18. The molecule has 1 atom stereocenters. The second-order valence-corrected chi connectivity index (χ2v) is 12.6. The van der Waals surface area contributed by atoms with Crippen molar-refractivity contribution in [2.24, 2.45) is 0 Å². The molecule has 0 spiro atoms. The molecule has 0 aromatic rings. The number of hydrogen-bond acceptors (Lipinski definition) is 0. The highest BCUT2D eigenvalue weighted by Gasteiger charge is 2.18. The van der Waals surface area contributed by atoms with Crippen molar-refractivity contribution in [1.29, 1.82) is 0 Å². The van der Waals surface area contributed by atoms with Crippen molar-refractivity contribution in [3.63, 3.8) is 0 Å². The van der Waals surface area contributed by atoms with Gasteiger partial charge >= 0.3 is 0 Å². The molecule has 0 saturated heterocycles. The van der Waals surface area contributed by atoms with Gasteiger partial charge in [-0.05, 0) is 6.04 Å². The molecule has 1 unspecified atom stereocenters. The van der Waals surface area contributed by atoms with Crippen molar-refractivity contribution >= 4 is 22.0 Å². The first-order chi connectivity index (χ1) is 4.12. The summed E-state index contributed by atoms with van der Waals surface area (Å²) in [7, 11) is 0.